The Labute approximate surface area is 136 Å². The van der Waals surface area contributed by atoms with Gasteiger partial charge >= 0.3 is 0 Å². The van der Waals surface area contributed by atoms with Gasteiger partial charge in [-0.3, -0.25) is 4.79 Å². The van der Waals surface area contributed by atoms with E-state index in [-0.39, 0.29) is 5.91 Å². The number of halogens is 2. The van der Waals surface area contributed by atoms with Crippen molar-refractivity contribution in [2.75, 3.05) is 11.9 Å². The smallest absolute Gasteiger partial charge is 0.256 e. The average molecular weight is 366 g/mol. The first-order valence-electron chi connectivity index (χ1n) is 6.73. The van der Waals surface area contributed by atoms with Crippen molar-refractivity contribution in [3.63, 3.8) is 0 Å². The molecule has 0 aromatic heterocycles. The van der Waals surface area contributed by atoms with Gasteiger partial charge in [0.1, 0.15) is 0 Å². The van der Waals surface area contributed by atoms with E-state index in [1.165, 1.54) is 5.56 Å². The zero-order chi connectivity index (χ0) is 14.8. The normalized spacial score (nSPS) is 13.6. The van der Waals surface area contributed by atoms with Gasteiger partial charge in [-0.1, -0.05) is 23.7 Å². The molecule has 0 saturated heterocycles. The molecule has 1 aliphatic rings. The number of fused-ring (bicyclic) bond motifs is 1. The Morgan fingerprint density at radius 1 is 1.29 bits per heavy atom. The van der Waals surface area contributed by atoms with Gasteiger partial charge in [0.05, 0.1) is 5.56 Å². The van der Waals surface area contributed by atoms with Gasteiger partial charge in [0.25, 0.3) is 5.91 Å². The van der Waals surface area contributed by atoms with Crippen LogP contribution < -0.4 is 10.6 Å². The first-order valence-corrected chi connectivity index (χ1v) is 7.90. The Morgan fingerprint density at radius 3 is 3.00 bits per heavy atom. The Hall–Kier alpha value is -1.36. The van der Waals surface area contributed by atoms with Crippen LogP contribution >= 0.6 is 27.5 Å². The summed E-state index contributed by atoms with van der Waals surface area (Å²) in [5.41, 5.74) is 3.84. The Kier molecular flexibility index (Phi) is 4.29. The third-order valence-corrected chi connectivity index (χ3v) is 4.49. The van der Waals surface area contributed by atoms with E-state index >= 15 is 0 Å². The summed E-state index contributed by atoms with van der Waals surface area (Å²) < 4.78 is 0.729. The van der Waals surface area contributed by atoms with Crippen molar-refractivity contribution >= 4 is 39.1 Å². The molecule has 1 amide bonds. The topological polar surface area (TPSA) is 41.1 Å². The maximum atomic E-state index is 12.5. The second kappa shape index (κ2) is 6.18. The molecule has 1 aliphatic heterocycles. The van der Waals surface area contributed by atoms with Crippen molar-refractivity contribution in [3.05, 3.63) is 62.6 Å². The van der Waals surface area contributed by atoms with E-state index in [9.17, 15) is 4.79 Å². The molecule has 0 fully saturated rings. The lowest BCUT2D eigenvalue weighted by Crippen LogP contribution is -2.25. The maximum Gasteiger partial charge on any atom is 0.256 e. The summed E-state index contributed by atoms with van der Waals surface area (Å²) in [6.45, 7) is 1.76. The van der Waals surface area contributed by atoms with Gasteiger partial charge in [0.2, 0.25) is 0 Å². The van der Waals surface area contributed by atoms with Crippen LogP contribution in [0.5, 0.6) is 0 Å². The van der Waals surface area contributed by atoms with Gasteiger partial charge in [-0.2, -0.15) is 0 Å². The predicted octanol–water partition coefficient (Wildman–Crippen LogP) is 4.00. The fraction of sp³-hybridized carbons (Fsp3) is 0.188. The van der Waals surface area contributed by atoms with E-state index in [0.29, 0.717) is 10.6 Å². The molecule has 0 saturated carbocycles. The SMILES string of the molecule is O=C(Nc1cccc2c1CNCC2)c1cc(Cl)ccc1Br. The zero-order valence-electron chi connectivity index (χ0n) is 11.2. The number of anilines is 1. The highest BCUT2D eigenvalue weighted by Crippen LogP contribution is 2.26. The highest BCUT2D eigenvalue weighted by atomic mass is 79.9. The van der Waals surface area contributed by atoms with Crippen LogP contribution in [0.2, 0.25) is 5.02 Å². The minimum absolute atomic E-state index is 0.164. The molecule has 0 aliphatic carbocycles. The molecule has 0 radical (unpaired) electrons. The molecule has 2 N–H and O–H groups in total. The first-order chi connectivity index (χ1) is 10.1. The number of carbonyl (C=O) groups excluding carboxylic acids is 1. The van der Waals surface area contributed by atoms with E-state index in [1.807, 2.05) is 12.1 Å². The Morgan fingerprint density at radius 2 is 2.14 bits per heavy atom. The van der Waals surface area contributed by atoms with Crippen LogP contribution in [0, 0.1) is 0 Å². The number of hydrogen-bond donors (Lipinski definition) is 2. The van der Waals surface area contributed by atoms with Crippen LogP contribution in [0.1, 0.15) is 21.5 Å². The van der Waals surface area contributed by atoms with E-state index in [0.717, 1.165) is 35.2 Å². The molecular weight excluding hydrogens is 352 g/mol. The van der Waals surface area contributed by atoms with Gasteiger partial charge in [0.15, 0.2) is 0 Å². The zero-order valence-corrected chi connectivity index (χ0v) is 13.6. The lowest BCUT2D eigenvalue weighted by molar-refractivity contribution is 0.102. The molecule has 0 spiro atoms. The monoisotopic (exact) mass is 364 g/mol. The average Bonchev–Trinajstić information content (AvgIpc) is 2.50. The molecule has 5 heteroatoms. The predicted molar refractivity (Wildman–Crippen MR) is 89.0 cm³/mol. The summed E-state index contributed by atoms with van der Waals surface area (Å²) in [6, 6.07) is 11.2. The number of hydrogen-bond acceptors (Lipinski definition) is 2. The molecule has 3 rings (SSSR count). The largest absolute Gasteiger partial charge is 0.322 e. The van der Waals surface area contributed by atoms with Gasteiger partial charge in [0, 0.05) is 21.7 Å². The fourth-order valence-corrected chi connectivity index (χ4v) is 3.09. The standard InChI is InChI=1S/C16H14BrClN2O/c17-14-5-4-11(18)8-12(14)16(21)20-15-3-1-2-10-6-7-19-9-13(10)15/h1-5,8,19H,6-7,9H2,(H,20,21). The van der Waals surface area contributed by atoms with E-state index in [1.54, 1.807) is 18.2 Å². The molecule has 108 valence electrons. The molecule has 0 atom stereocenters. The molecular formula is C16H14BrClN2O. The summed E-state index contributed by atoms with van der Waals surface area (Å²) in [7, 11) is 0. The Balaban J connectivity index is 1.90. The number of nitrogens with one attached hydrogen (secondary N) is 2. The van der Waals surface area contributed by atoms with Crippen molar-refractivity contribution in [2.24, 2.45) is 0 Å². The van der Waals surface area contributed by atoms with E-state index < -0.39 is 0 Å². The number of benzene rings is 2. The van der Waals surface area contributed by atoms with E-state index in [4.69, 9.17) is 11.6 Å². The molecule has 2 aromatic rings. The van der Waals surface area contributed by atoms with Gasteiger partial charge in [-0.25, -0.2) is 0 Å². The first kappa shape index (κ1) is 14.6. The summed E-state index contributed by atoms with van der Waals surface area (Å²) in [6.07, 6.45) is 0.986. The van der Waals surface area contributed by atoms with Crippen LogP contribution in [0.3, 0.4) is 0 Å². The quantitative estimate of drug-likeness (QED) is 0.844. The highest BCUT2D eigenvalue weighted by molar-refractivity contribution is 9.10. The fourth-order valence-electron chi connectivity index (χ4n) is 2.49. The lowest BCUT2D eigenvalue weighted by atomic mass is 9.99. The van der Waals surface area contributed by atoms with Crippen molar-refractivity contribution in [1.82, 2.24) is 5.32 Å². The molecule has 1 heterocycles. The molecule has 3 nitrogen and oxygen atoms in total. The molecule has 21 heavy (non-hydrogen) atoms. The summed E-state index contributed by atoms with van der Waals surface area (Å²) >= 11 is 9.36. The van der Waals surface area contributed by atoms with E-state index in [2.05, 4.69) is 32.6 Å². The van der Waals surface area contributed by atoms with Crippen molar-refractivity contribution in [3.8, 4) is 0 Å². The lowest BCUT2D eigenvalue weighted by Gasteiger charge is -2.20. The van der Waals surface area contributed by atoms with Gasteiger partial charge in [-0.05, 0) is 64.3 Å². The third kappa shape index (κ3) is 3.12. The maximum absolute atomic E-state index is 12.5. The number of rotatable bonds is 2. The van der Waals surface area contributed by atoms with Crippen LogP contribution in [-0.2, 0) is 13.0 Å². The Bertz CT molecular complexity index is 703. The number of carbonyl (C=O) groups is 1. The molecule has 0 unspecified atom stereocenters. The van der Waals surface area contributed by atoms with Crippen LogP contribution in [0.4, 0.5) is 5.69 Å². The summed E-state index contributed by atoms with van der Waals surface area (Å²) in [4.78, 5) is 12.5. The molecule has 2 aromatic carbocycles. The molecule has 0 bridgehead atoms. The van der Waals surface area contributed by atoms with Gasteiger partial charge < -0.3 is 10.6 Å². The minimum Gasteiger partial charge on any atom is -0.322 e. The minimum atomic E-state index is -0.164. The van der Waals surface area contributed by atoms with Crippen LogP contribution in [0.25, 0.3) is 0 Å². The van der Waals surface area contributed by atoms with Gasteiger partial charge in [-0.15, -0.1) is 0 Å². The van der Waals surface area contributed by atoms with Crippen molar-refractivity contribution in [2.45, 2.75) is 13.0 Å². The van der Waals surface area contributed by atoms with Crippen LogP contribution in [0.15, 0.2) is 40.9 Å². The second-order valence-corrected chi connectivity index (χ2v) is 6.24. The number of amides is 1. The second-order valence-electron chi connectivity index (χ2n) is 4.95. The van der Waals surface area contributed by atoms with Crippen molar-refractivity contribution in [1.29, 1.82) is 0 Å². The summed E-state index contributed by atoms with van der Waals surface area (Å²) in [5.74, 6) is -0.164. The van der Waals surface area contributed by atoms with Crippen molar-refractivity contribution < 1.29 is 4.79 Å². The third-order valence-electron chi connectivity index (χ3n) is 3.57. The summed E-state index contributed by atoms with van der Waals surface area (Å²) in [5, 5.41) is 6.86. The highest BCUT2D eigenvalue weighted by Gasteiger charge is 2.16. The van der Waals surface area contributed by atoms with Crippen LogP contribution in [-0.4, -0.2) is 12.5 Å².